The predicted molar refractivity (Wildman–Crippen MR) is 55.2 cm³/mol. The lowest BCUT2D eigenvalue weighted by Crippen LogP contribution is -2.29. The van der Waals surface area contributed by atoms with Crippen LogP contribution in [0.15, 0.2) is 30.3 Å². The summed E-state index contributed by atoms with van der Waals surface area (Å²) in [6, 6.07) is 8.96. The second kappa shape index (κ2) is 5.99. The molecule has 0 aliphatic heterocycles. The number of rotatable bonds is 4. The van der Waals surface area contributed by atoms with Crippen LogP contribution in [0, 0.1) is 0 Å². The van der Waals surface area contributed by atoms with Gasteiger partial charge in [-0.3, -0.25) is 0 Å². The van der Waals surface area contributed by atoms with Gasteiger partial charge in [0, 0.05) is 18.8 Å². The van der Waals surface area contributed by atoms with Gasteiger partial charge >= 0.3 is 6.03 Å². The molecule has 4 nitrogen and oxygen atoms in total. The highest BCUT2D eigenvalue weighted by atomic mass is 16.3. The van der Waals surface area contributed by atoms with Crippen molar-refractivity contribution in [3.63, 3.8) is 0 Å². The number of hydrogen-bond acceptors (Lipinski definition) is 2. The molecule has 0 spiro atoms. The number of anilines is 1. The molecular formula is C10H14N2O2. The minimum Gasteiger partial charge on any atom is -0.396 e. The Bertz CT molecular complexity index is 275. The topological polar surface area (TPSA) is 61.4 Å². The molecule has 4 heteroatoms. The van der Waals surface area contributed by atoms with Crippen LogP contribution in [-0.2, 0) is 0 Å². The second-order valence-electron chi connectivity index (χ2n) is 2.82. The Labute approximate surface area is 82.9 Å². The van der Waals surface area contributed by atoms with Crippen LogP contribution in [0.4, 0.5) is 10.5 Å². The average molecular weight is 194 g/mol. The minimum absolute atomic E-state index is 0.0889. The van der Waals surface area contributed by atoms with Crippen LogP contribution in [0.2, 0.25) is 0 Å². The number of aliphatic hydroxyl groups excluding tert-OH is 1. The van der Waals surface area contributed by atoms with Crippen molar-refractivity contribution in [2.24, 2.45) is 0 Å². The Balaban J connectivity index is 2.27. The van der Waals surface area contributed by atoms with Gasteiger partial charge in [-0.05, 0) is 18.6 Å². The maximum Gasteiger partial charge on any atom is 0.319 e. The third kappa shape index (κ3) is 3.91. The summed E-state index contributed by atoms with van der Waals surface area (Å²) in [4.78, 5) is 11.2. The lowest BCUT2D eigenvalue weighted by atomic mass is 10.3. The predicted octanol–water partition coefficient (Wildman–Crippen LogP) is 1.19. The van der Waals surface area contributed by atoms with E-state index >= 15 is 0 Å². The Kier molecular flexibility index (Phi) is 4.50. The summed E-state index contributed by atoms with van der Waals surface area (Å²) in [7, 11) is 0. The van der Waals surface area contributed by atoms with Crippen molar-refractivity contribution in [2.45, 2.75) is 6.42 Å². The molecule has 0 fully saturated rings. The van der Waals surface area contributed by atoms with Crippen LogP contribution in [0.1, 0.15) is 6.42 Å². The molecule has 76 valence electrons. The lowest BCUT2D eigenvalue weighted by molar-refractivity contribution is 0.249. The first-order valence-corrected chi connectivity index (χ1v) is 4.53. The molecule has 0 atom stereocenters. The van der Waals surface area contributed by atoms with Crippen LogP contribution in [0.3, 0.4) is 0 Å². The van der Waals surface area contributed by atoms with Crippen molar-refractivity contribution in [2.75, 3.05) is 18.5 Å². The quantitative estimate of drug-likeness (QED) is 0.630. The van der Waals surface area contributed by atoms with Crippen molar-refractivity contribution >= 4 is 11.7 Å². The molecule has 0 radical (unpaired) electrons. The minimum atomic E-state index is -0.246. The molecule has 3 N–H and O–H groups in total. The number of carbonyl (C=O) groups is 1. The highest BCUT2D eigenvalue weighted by Gasteiger charge is 1.98. The third-order valence-electron chi connectivity index (χ3n) is 1.65. The summed E-state index contributed by atoms with van der Waals surface area (Å²) in [5.74, 6) is 0. The van der Waals surface area contributed by atoms with E-state index in [9.17, 15) is 4.79 Å². The fourth-order valence-corrected chi connectivity index (χ4v) is 0.978. The first-order chi connectivity index (χ1) is 6.83. The Morgan fingerprint density at radius 1 is 1.29 bits per heavy atom. The molecule has 0 aliphatic rings. The number of nitrogens with one attached hydrogen (secondary N) is 2. The summed E-state index contributed by atoms with van der Waals surface area (Å²) >= 11 is 0. The van der Waals surface area contributed by atoms with Crippen LogP contribution in [-0.4, -0.2) is 24.3 Å². The average Bonchev–Trinajstić information content (AvgIpc) is 2.20. The van der Waals surface area contributed by atoms with E-state index in [0.29, 0.717) is 13.0 Å². The van der Waals surface area contributed by atoms with Gasteiger partial charge in [0.05, 0.1) is 0 Å². The number of carbonyl (C=O) groups excluding carboxylic acids is 1. The number of para-hydroxylation sites is 1. The molecule has 0 heterocycles. The Morgan fingerprint density at radius 3 is 2.64 bits per heavy atom. The standard InChI is InChI=1S/C10H14N2O2/c13-8-4-7-11-10(14)12-9-5-2-1-3-6-9/h1-3,5-6,13H,4,7-8H2,(H2,11,12,14). The first kappa shape index (κ1) is 10.5. The molecule has 0 bridgehead atoms. The number of urea groups is 1. The zero-order valence-electron chi connectivity index (χ0n) is 7.86. The zero-order valence-corrected chi connectivity index (χ0v) is 7.86. The number of hydrogen-bond donors (Lipinski definition) is 3. The van der Waals surface area contributed by atoms with E-state index in [1.807, 2.05) is 30.3 Å². The molecule has 14 heavy (non-hydrogen) atoms. The van der Waals surface area contributed by atoms with Gasteiger partial charge in [-0.25, -0.2) is 4.79 Å². The molecule has 0 aliphatic carbocycles. The van der Waals surface area contributed by atoms with Gasteiger partial charge in [-0.1, -0.05) is 18.2 Å². The Hall–Kier alpha value is -1.55. The molecule has 0 aromatic heterocycles. The van der Waals surface area contributed by atoms with E-state index in [-0.39, 0.29) is 12.6 Å². The van der Waals surface area contributed by atoms with Crippen LogP contribution >= 0.6 is 0 Å². The van der Waals surface area contributed by atoms with Gasteiger partial charge in [0.15, 0.2) is 0 Å². The second-order valence-corrected chi connectivity index (χ2v) is 2.82. The first-order valence-electron chi connectivity index (χ1n) is 4.53. The van der Waals surface area contributed by atoms with Crippen LogP contribution in [0.25, 0.3) is 0 Å². The highest BCUT2D eigenvalue weighted by Crippen LogP contribution is 2.03. The van der Waals surface area contributed by atoms with Gasteiger partial charge < -0.3 is 15.7 Å². The molecule has 1 aromatic rings. The third-order valence-corrected chi connectivity index (χ3v) is 1.65. The van der Waals surface area contributed by atoms with Gasteiger partial charge in [0.1, 0.15) is 0 Å². The molecule has 0 unspecified atom stereocenters. The molecule has 1 rings (SSSR count). The van der Waals surface area contributed by atoms with Crippen molar-refractivity contribution in [1.82, 2.24) is 5.32 Å². The lowest BCUT2D eigenvalue weighted by Gasteiger charge is -2.06. The fraction of sp³-hybridized carbons (Fsp3) is 0.300. The van der Waals surface area contributed by atoms with E-state index < -0.39 is 0 Å². The number of aliphatic hydroxyl groups is 1. The van der Waals surface area contributed by atoms with Crippen molar-refractivity contribution in [3.8, 4) is 0 Å². The normalized spacial score (nSPS) is 9.50. The van der Waals surface area contributed by atoms with Crippen LogP contribution < -0.4 is 10.6 Å². The van der Waals surface area contributed by atoms with E-state index in [2.05, 4.69) is 10.6 Å². The zero-order chi connectivity index (χ0) is 10.2. The summed E-state index contributed by atoms with van der Waals surface area (Å²) < 4.78 is 0. The number of amides is 2. The van der Waals surface area contributed by atoms with Gasteiger partial charge in [-0.2, -0.15) is 0 Å². The van der Waals surface area contributed by atoms with Gasteiger partial charge in [-0.15, -0.1) is 0 Å². The maximum atomic E-state index is 11.2. The van der Waals surface area contributed by atoms with Gasteiger partial charge in [0.25, 0.3) is 0 Å². The molecular weight excluding hydrogens is 180 g/mol. The molecule has 0 saturated heterocycles. The van der Waals surface area contributed by atoms with E-state index in [4.69, 9.17) is 5.11 Å². The summed E-state index contributed by atoms with van der Waals surface area (Å²) in [6.07, 6.45) is 0.572. The summed E-state index contributed by atoms with van der Waals surface area (Å²) in [6.45, 7) is 0.570. The fourth-order valence-electron chi connectivity index (χ4n) is 0.978. The SMILES string of the molecule is O=C(NCCCO)Nc1ccccc1. The number of benzene rings is 1. The molecule has 2 amide bonds. The van der Waals surface area contributed by atoms with E-state index in [1.54, 1.807) is 0 Å². The van der Waals surface area contributed by atoms with E-state index in [1.165, 1.54) is 0 Å². The molecule has 0 saturated carbocycles. The summed E-state index contributed by atoms with van der Waals surface area (Å²) in [5.41, 5.74) is 0.758. The highest BCUT2D eigenvalue weighted by molar-refractivity contribution is 5.89. The Morgan fingerprint density at radius 2 is 2.00 bits per heavy atom. The largest absolute Gasteiger partial charge is 0.396 e. The monoisotopic (exact) mass is 194 g/mol. The van der Waals surface area contributed by atoms with Gasteiger partial charge in [0.2, 0.25) is 0 Å². The van der Waals surface area contributed by atoms with Crippen molar-refractivity contribution < 1.29 is 9.90 Å². The van der Waals surface area contributed by atoms with Crippen LogP contribution in [0.5, 0.6) is 0 Å². The smallest absolute Gasteiger partial charge is 0.319 e. The van der Waals surface area contributed by atoms with Crippen molar-refractivity contribution in [1.29, 1.82) is 0 Å². The van der Waals surface area contributed by atoms with E-state index in [0.717, 1.165) is 5.69 Å². The maximum absolute atomic E-state index is 11.2. The molecule has 1 aromatic carbocycles. The summed E-state index contributed by atoms with van der Waals surface area (Å²) in [5, 5.41) is 13.8. The van der Waals surface area contributed by atoms with Crippen molar-refractivity contribution in [3.05, 3.63) is 30.3 Å².